The van der Waals surface area contributed by atoms with Crippen molar-refractivity contribution >= 4 is 10.0 Å². The van der Waals surface area contributed by atoms with Gasteiger partial charge in [0.25, 0.3) is 10.0 Å². The van der Waals surface area contributed by atoms with E-state index in [4.69, 9.17) is 9.56 Å². The predicted octanol–water partition coefficient (Wildman–Crippen LogP) is 1.70. The van der Waals surface area contributed by atoms with Gasteiger partial charge in [-0.3, -0.25) is 0 Å². The zero-order valence-corrected chi connectivity index (χ0v) is 12.7. The summed E-state index contributed by atoms with van der Waals surface area (Å²) in [6.45, 7) is 10.5. The van der Waals surface area contributed by atoms with E-state index in [9.17, 15) is 8.42 Å². The highest BCUT2D eigenvalue weighted by Gasteiger charge is 2.63. The smallest absolute Gasteiger partial charge is 0.271 e. The number of hydrogen-bond acceptors (Lipinski definition) is 4. The highest BCUT2D eigenvalue weighted by atomic mass is 32.2. The average Bonchev–Trinajstić information content (AvgIpc) is 2.67. The van der Waals surface area contributed by atoms with Gasteiger partial charge in [0, 0.05) is 0 Å². The van der Waals surface area contributed by atoms with Gasteiger partial charge in [0.2, 0.25) is 5.09 Å². The summed E-state index contributed by atoms with van der Waals surface area (Å²) in [4.78, 5) is 0. The molecule has 0 bridgehead atoms. The summed E-state index contributed by atoms with van der Waals surface area (Å²) in [5, 5.41) is 8.11. The van der Waals surface area contributed by atoms with Crippen molar-refractivity contribution in [2.24, 2.45) is 21.9 Å². The van der Waals surface area contributed by atoms with E-state index >= 15 is 0 Å². The van der Waals surface area contributed by atoms with Crippen LogP contribution in [0.5, 0.6) is 0 Å². The number of furan rings is 1. The largest absolute Gasteiger partial charge is 0.447 e. The van der Waals surface area contributed by atoms with Crippen molar-refractivity contribution in [2.75, 3.05) is 6.54 Å². The second kappa shape index (κ2) is 4.33. The Morgan fingerprint density at radius 3 is 2.26 bits per heavy atom. The van der Waals surface area contributed by atoms with Crippen LogP contribution < -0.4 is 10.5 Å². The van der Waals surface area contributed by atoms with Gasteiger partial charge in [0.1, 0.15) is 5.76 Å². The molecule has 2 rings (SSSR count). The van der Waals surface area contributed by atoms with Crippen LogP contribution in [-0.4, -0.2) is 15.0 Å². The van der Waals surface area contributed by atoms with Crippen LogP contribution >= 0.6 is 0 Å². The number of primary sulfonamides is 1. The lowest BCUT2D eigenvalue weighted by molar-refractivity contribution is 0.397. The molecule has 1 aliphatic carbocycles. The summed E-state index contributed by atoms with van der Waals surface area (Å²) in [5.41, 5.74) is 0.684. The van der Waals surface area contributed by atoms with Crippen LogP contribution in [0.15, 0.2) is 21.6 Å². The lowest BCUT2D eigenvalue weighted by atomic mass is 10.0. The van der Waals surface area contributed by atoms with Crippen molar-refractivity contribution in [1.82, 2.24) is 5.32 Å². The first-order chi connectivity index (χ1) is 8.57. The maximum absolute atomic E-state index is 11.1. The van der Waals surface area contributed by atoms with Gasteiger partial charge in [-0.05, 0) is 35.4 Å². The fourth-order valence-electron chi connectivity index (χ4n) is 2.79. The van der Waals surface area contributed by atoms with E-state index in [1.54, 1.807) is 6.07 Å². The molecule has 0 unspecified atom stereocenters. The van der Waals surface area contributed by atoms with Crippen molar-refractivity contribution in [3.63, 3.8) is 0 Å². The van der Waals surface area contributed by atoms with E-state index in [1.165, 1.54) is 6.07 Å². The summed E-state index contributed by atoms with van der Waals surface area (Å²) >= 11 is 0. The Bertz CT molecular complexity index is 558. The summed E-state index contributed by atoms with van der Waals surface area (Å²) in [7, 11) is -3.74. The Hall–Kier alpha value is -0.850. The normalized spacial score (nSPS) is 21.5. The zero-order chi connectivity index (χ0) is 14.5. The van der Waals surface area contributed by atoms with Gasteiger partial charge >= 0.3 is 0 Å². The molecule has 0 radical (unpaired) electrons. The molecule has 6 heteroatoms. The van der Waals surface area contributed by atoms with Crippen LogP contribution in [-0.2, 0) is 16.6 Å². The van der Waals surface area contributed by atoms with Crippen molar-refractivity contribution in [3.8, 4) is 0 Å². The van der Waals surface area contributed by atoms with Gasteiger partial charge in [0.15, 0.2) is 0 Å². The minimum absolute atomic E-state index is 0.184. The van der Waals surface area contributed by atoms with Crippen molar-refractivity contribution in [1.29, 1.82) is 0 Å². The van der Waals surface area contributed by atoms with Crippen molar-refractivity contribution in [3.05, 3.63) is 17.9 Å². The van der Waals surface area contributed by atoms with E-state index in [1.807, 2.05) is 0 Å². The maximum Gasteiger partial charge on any atom is 0.271 e. The van der Waals surface area contributed by atoms with Gasteiger partial charge in [0.05, 0.1) is 6.54 Å². The fourth-order valence-corrected chi connectivity index (χ4v) is 3.27. The Morgan fingerprint density at radius 1 is 1.26 bits per heavy atom. The number of rotatable bonds is 5. The van der Waals surface area contributed by atoms with E-state index < -0.39 is 10.0 Å². The fraction of sp³-hybridized carbons (Fsp3) is 0.692. The number of sulfonamides is 1. The first-order valence-electron chi connectivity index (χ1n) is 6.39. The first-order valence-corrected chi connectivity index (χ1v) is 7.93. The molecule has 1 heterocycles. The van der Waals surface area contributed by atoms with Gasteiger partial charge in [-0.1, -0.05) is 27.7 Å². The summed E-state index contributed by atoms with van der Waals surface area (Å²) in [6.07, 6.45) is 0. The molecule has 1 saturated carbocycles. The molecule has 0 saturated heterocycles. The molecule has 0 atom stereocenters. The minimum Gasteiger partial charge on any atom is -0.447 e. The lowest BCUT2D eigenvalue weighted by Gasteiger charge is -2.04. The maximum atomic E-state index is 11.1. The topological polar surface area (TPSA) is 85.3 Å². The lowest BCUT2D eigenvalue weighted by Crippen LogP contribution is -2.18. The quantitative estimate of drug-likeness (QED) is 0.862. The van der Waals surface area contributed by atoms with Gasteiger partial charge < -0.3 is 9.73 Å². The minimum atomic E-state index is -3.74. The van der Waals surface area contributed by atoms with Crippen LogP contribution in [0.3, 0.4) is 0 Å². The van der Waals surface area contributed by atoms with Crippen LogP contribution in [0.25, 0.3) is 0 Å². The van der Waals surface area contributed by atoms with Crippen LogP contribution in [0.4, 0.5) is 0 Å². The Labute approximate surface area is 114 Å². The zero-order valence-electron chi connectivity index (χ0n) is 11.9. The highest BCUT2D eigenvalue weighted by molar-refractivity contribution is 7.89. The Morgan fingerprint density at radius 2 is 1.84 bits per heavy atom. The van der Waals surface area contributed by atoms with Crippen LogP contribution in [0, 0.1) is 16.7 Å². The van der Waals surface area contributed by atoms with Gasteiger partial charge in [-0.15, -0.1) is 0 Å². The standard InChI is InChI=1S/C13H22N2O3S/c1-12(2)10(13(12,3)4)8-15-7-9-5-6-11(18-9)19(14,16)17/h5-6,10,15H,7-8H2,1-4H3,(H2,14,16,17). The number of nitrogens with two attached hydrogens (primary N) is 1. The monoisotopic (exact) mass is 286 g/mol. The molecule has 0 spiro atoms. The van der Waals surface area contributed by atoms with E-state index in [2.05, 4.69) is 33.0 Å². The molecule has 108 valence electrons. The predicted molar refractivity (Wildman–Crippen MR) is 72.8 cm³/mol. The van der Waals surface area contributed by atoms with Gasteiger partial charge in [-0.25, -0.2) is 13.6 Å². The van der Waals surface area contributed by atoms with Crippen LogP contribution in [0.2, 0.25) is 0 Å². The third-order valence-electron chi connectivity index (χ3n) is 4.88. The summed E-state index contributed by atoms with van der Waals surface area (Å²) in [6, 6.07) is 3.02. The van der Waals surface area contributed by atoms with Crippen molar-refractivity contribution < 1.29 is 12.8 Å². The molecule has 3 N–H and O–H groups in total. The molecule has 1 aromatic heterocycles. The van der Waals surface area contributed by atoms with E-state index in [0.717, 1.165) is 6.54 Å². The van der Waals surface area contributed by atoms with E-state index in [0.29, 0.717) is 29.1 Å². The third-order valence-corrected chi connectivity index (χ3v) is 5.67. The molecule has 0 aromatic carbocycles. The third kappa shape index (κ3) is 2.57. The summed E-state index contributed by atoms with van der Waals surface area (Å²) < 4.78 is 27.3. The molecule has 19 heavy (non-hydrogen) atoms. The molecule has 0 aliphatic heterocycles. The second-order valence-corrected chi connectivity index (χ2v) is 7.89. The van der Waals surface area contributed by atoms with Gasteiger partial charge in [-0.2, -0.15) is 0 Å². The molecule has 1 aromatic rings. The summed E-state index contributed by atoms with van der Waals surface area (Å²) in [5.74, 6) is 1.20. The second-order valence-electron chi connectivity index (χ2n) is 6.39. The van der Waals surface area contributed by atoms with Crippen LogP contribution in [0.1, 0.15) is 33.5 Å². The molecular weight excluding hydrogens is 264 g/mol. The number of nitrogens with one attached hydrogen (secondary N) is 1. The Kier molecular flexibility index (Phi) is 3.32. The molecule has 1 fully saturated rings. The average molecular weight is 286 g/mol. The molecular formula is C13H22N2O3S. The first kappa shape index (κ1) is 14.6. The Balaban J connectivity index is 1.87. The highest BCUT2D eigenvalue weighted by Crippen LogP contribution is 2.67. The molecule has 1 aliphatic rings. The number of hydrogen-bond donors (Lipinski definition) is 2. The SMILES string of the molecule is CC1(C)C(CNCc2ccc(S(N)(=O)=O)o2)C1(C)C. The molecule has 0 amide bonds. The van der Waals surface area contributed by atoms with Crippen molar-refractivity contribution in [2.45, 2.75) is 39.3 Å². The van der Waals surface area contributed by atoms with E-state index in [-0.39, 0.29) is 5.09 Å². The molecule has 5 nitrogen and oxygen atoms in total.